The molecule has 0 aliphatic heterocycles. The third kappa shape index (κ3) is 3.23. The van der Waals surface area contributed by atoms with E-state index in [0.29, 0.717) is 12.0 Å². The Kier molecular flexibility index (Phi) is 4.50. The first-order chi connectivity index (χ1) is 9.61. The fraction of sp³-hybridized carbons (Fsp3) is 0.400. The van der Waals surface area contributed by atoms with E-state index in [2.05, 4.69) is 17.0 Å². The van der Waals surface area contributed by atoms with E-state index >= 15 is 0 Å². The molecule has 0 saturated heterocycles. The summed E-state index contributed by atoms with van der Waals surface area (Å²) in [6.45, 7) is 2.87. The zero-order valence-electron chi connectivity index (χ0n) is 12.2. The highest BCUT2D eigenvalue weighted by Crippen LogP contribution is 2.14. The van der Waals surface area contributed by atoms with Gasteiger partial charge in [0.2, 0.25) is 0 Å². The maximum absolute atomic E-state index is 12.3. The molecule has 1 heterocycles. The largest absolute Gasteiger partial charge is 0.378 e. The topological polar surface area (TPSA) is 51.0 Å². The number of nitrogens with zero attached hydrogens (tertiary/aromatic N) is 4. The van der Waals surface area contributed by atoms with E-state index in [4.69, 9.17) is 0 Å². The van der Waals surface area contributed by atoms with Crippen LogP contribution in [0, 0.1) is 0 Å². The second-order valence-electron chi connectivity index (χ2n) is 4.94. The molecular formula is C15H20N4O. The summed E-state index contributed by atoms with van der Waals surface area (Å²) in [7, 11) is 3.95. The molecule has 2 aromatic rings. The lowest BCUT2D eigenvalue weighted by atomic mass is 10.1. The van der Waals surface area contributed by atoms with Gasteiger partial charge in [0.05, 0.1) is 6.42 Å². The van der Waals surface area contributed by atoms with Crippen molar-refractivity contribution < 1.29 is 4.79 Å². The van der Waals surface area contributed by atoms with E-state index in [1.165, 1.54) is 6.33 Å². The normalized spacial score (nSPS) is 10.6. The molecule has 20 heavy (non-hydrogen) atoms. The molecule has 0 radical (unpaired) electrons. The van der Waals surface area contributed by atoms with Gasteiger partial charge in [-0.1, -0.05) is 6.92 Å². The lowest BCUT2D eigenvalue weighted by molar-refractivity contribution is 0.0989. The highest BCUT2D eigenvalue weighted by molar-refractivity contribution is 5.97. The molecule has 106 valence electrons. The van der Waals surface area contributed by atoms with E-state index in [1.54, 1.807) is 4.68 Å². The van der Waals surface area contributed by atoms with Gasteiger partial charge in [-0.15, -0.1) is 0 Å². The van der Waals surface area contributed by atoms with Crippen LogP contribution < -0.4 is 4.90 Å². The van der Waals surface area contributed by atoms with Crippen molar-refractivity contribution in [2.45, 2.75) is 26.3 Å². The maximum atomic E-state index is 12.3. The number of aryl methyl sites for hydroxylation is 1. The molecule has 5 nitrogen and oxygen atoms in total. The molecule has 1 aromatic carbocycles. The number of carbonyl (C=O) groups excluding carboxylic acids is 1. The van der Waals surface area contributed by atoms with Crippen LogP contribution in [-0.2, 0) is 13.0 Å². The zero-order valence-corrected chi connectivity index (χ0v) is 12.2. The Morgan fingerprint density at radius 2 is 1.95 bits per heavy atom. The highest BCUT2D eigenvalue weighted by atomic mass is 16.1. The fourth-order valence-electron chi connectivity index (χ4n) is 2.01. The third-order valence-electron chi connectivity index (χ3n) is 3.16. The molecule has 0 unspecified atom stereocenters. The Morgan fingerprint density at radius 3 is 2.55 bits per heavy atom. The first-order valence-corrected chi connectivity index (χ1v) is 6.79. The number of rotatable bonds is 6. The molecule has 0 aliphatic carbocycles. The predicted octanol–water partition coefficient (Wildman–Crippen LogP) is 2.18. The summed E-state index contributed by atoms with van der Waals surface area (Å²) in [6, 6.07) is 7.62. The van der Waals surface area contributed by atoms with E-state index in [-0.39, 0.29) is 5.78 Å². The van der Waals surface area contributed by atoms with Gasteiger partial charge in [0.25, 0.3) is 0 Å². The van der Waals surface area contributed by atoms with Crippen molar-refractivity contribution >= 4 is 11.5 Å². The van der Waals surface area contributed by atoms with Crippen LogP contribution in [0.25, 0.3) is 0 Å². The van der Waals surface area contributed by atoms with Crippen molar-refractivity contribution in [2.75, 3.05) is 19.0 Å². The number of ketones is 1. The summed E-state index contributed by atoms with van der Waals surface area (Å²) >= 11 is 0. The molecule has 0 atom stereocenters. The van der Waals surface area contributed by atoms with Crippen molar-refractivity contribution in [1.29, 1.82) is 0 Å². The van der Waals surface area contributed by atoms with Gasteiger partial charge in [0.15, 0.2) is 5.78 Å². The summed E-state index contributed by atoms with van der Waals surface area (Å²) in [5.74, 6) is 0.800. The standard InChI is InChI=1S/C15H20N4O/c1-4-9-19-15(16-11-17-19)10-14(20)12-5-7-13(8-6-12)18(2)3/h5-8,11H,4,9-10H2,1-3H3. The molecule has 0 saturated carbocycles. The summed E-state index contributed by atoms with van der Waals surface area (Å²) in [6.07, 6.45) is 2.77. The molecule has 0 aliphatic rings. The first kappa shape index (κ1) is 14.2. The average Bonchev–Trinajstić information content (AvgIpc) is 2.86. The van der Waals surface area contributed by atoms with Crippen molar-refractivity contribution in [3.05, 3.63) is 42.0 Å². The van der Waals surface area contributed by atoms with Crippen LogP contribution in [0.4, 0.5) is 5.69 Å². The summed E-state index contributed by atoms with van der Waals surface area (Å²) in [5.41, 5.74) is 1.79. The second kappa shape index (κ2) is 6.32. The Morgan fingerprint density at radius 1 is 1.25 bits per heavy atom. The third-order valence-corrected chi connectivity index (χ3v) is 3.16. The van der Waals surface area contributed by atoms with Gasteiger partial charge < -0.3 is 4.90 Å². The first-order valence-electron chi connectivity index (χ1n) is 6.79. The van der Waals surface area contributed by atoms with Gasteiger partial charge in [0.1, 0.15) is 12.2 Å². The molecule has 0 fully saturated rings. The van der Waals surface area contributed by atoms with Gasteiger partial charge in [-0.2, -0.15) is 5.10 Å². The van der Waals surface area contributed by atoms with Crippen molar-refractivity contribution in [1.82, 2.24) is 14.8 Å². The predicted molar refractivity (Wildman–Crippen MR) is 79.1 cm³/mol. The minimum Gasteiger partial charge on any atom is -0.378 e. The summed E-state index contributed by atoms with van der Waals surface area (Å²) in [5, 5.41) is 4.14. The highest BCUT2D eigenvalue weighted by Gasteiger charge is 2.12. The smallest absolute Gasteiger partial charge is 0.170 e. The molecule has 1 aromatic heterocycles. The number of aromatic nitrogens is 3. The number of Topliss-reactive ketones (excluding diaryl/α,β-unsaturated/α-hetero) is 1. The van der Waals surface area contributed by atoms with Crippen LogP contribution in [0.15, 0.2) is 30.6 Å². The minimum absolute atomic E-state index is 0.0701. The molecular weight excluding hydrogens is 252 g/mol. The van der Waals surface area contributed by atoms with Crippen molar-refractivity contribution in [3.63, 3.8) is 0 Å². The lowest BCUT2D eigenvalue weighted by Gasteiger charge is -2.12. The SMILES string of the molecule is CCCn1ncnc1CC(=O)c1ccc(N(C)C)cc1. The number of hydrogen-bond acceptors (Lipinski definition) is 4. The van der Waals surface area contributed by atoms with Crippen LogP contribution in [0.1, 0.15) is 29.5 Å². The van der Waals surface area contributed by atoms with Crippen LogP contribution >= 0.6 is 0 Å². The van der Waals surface area contributed by atoms with E-state index < -0.39 is 0 Å². The maximum Gasteiger partial charge on any atom is 0.170 e. The van der Waals surface area contributed by atoms with Gasteiger partial charge in [-0.25, -0.2) is 9.67 Å². The van der Waals surface area contributed by atoms with E-state index in [0.717, 1.165) is 24.5 Å². The quantitative estimate of drug-likeness (QED) is 0.756. The Balaban J connectivity index is 2.09. The van der Waals surface area contributed by atoms with E-state index in [9.17, 15) is 4.79 Å². The van der Waals surface area contributed by atoms with Gasteiger partial charge in [-0.05, 0) is 30.7 Å². The van der Waals surface area contributed by atoms with Crippen molar-refractivity contribution in [3.8, 4) is 0 Å². The zero-order chi connectivity index (χ0) is 14.5. The molecule has 0 amide bonds. The van der Waals surface area contributed by atoms with Crippen LogP contribution in [0.5, 0.6) is 0 Å². The Bertz CT molecular complexity index is 572. The fourth-order valence-corrected chi connectivity index (χ4v) is 2.01. The molecule has 0 N–H and O–H groups in total. The monoisotopic (exact) mass is 272 g/mol. The number of hydrogen-bond donors (Lipinski definition) is 0. The Hall–Kier alpha value is -2.17. The van der Waals surface area contributed by atoms with Gasteiger partial charge in [-0.3, -0.25) is 4.79 Å². The molecule has 5 heteroatoms. The van der Waals surface area contributed by atoms with Crippen LogP contribution in [-0.4, -0.2) is 34.6 Å². The van der Waals surface area contributed by atoms with Gasteiger partial charge >= 0.3 is 0 Å². The van der Waals surface area contributed by atoms with Gasteiger partial charge in [0, 0.05) is 31.9 Å². The Labute approximate surface area is 119 Å². The second-order valence-corrected chi connectivity index (χ2v) is 4.94. The van der Waals surface area contributed by atoms with Crippen molar-refractivity contribution in [2.24, 2.45) is 0 Å². The van der Waals surface area contributed by atoms with Crippen LogP contribution in [0.2, 0.25) is 0 Å². The van der Waals surface area contributed by atoms with Crippen LogP contribution in [0.3, 0.4) is 0 Å². The van der Waals surface area contributed by atoms with E-state index in [1.807, 2.05) is 43.3 Å². The molecule has 0 spiro atoms. The minimum atomic E-state index is 0.0701. The summed E-state index contributed by atoms with van der Waals surface area (Å²) < 4.78 is 1.80. The number of carbonyl (C=O) groups is 1. The lowest BCUT2D eigenvalue weighted by Crippen LogP contribution is -2.12. The average molecular weight is 272 g/mol. The molecule has 0 bridgehead atoms. The molecule has 2 rings (SSSR count). The number of benzene rings is 1. The number of anilines is 1. The summed E-state index contributed by atoms with van der Waals surface area (Å²) in [4.78, 5) is 18.4.